The minimum Gasteiger partial charge on any atom is -0.497 e. The van der Waals surface area contributed by atoms with Crippen molar-refractivity contribution < 1.29 is 9.26 Å². The van der Waals surface area contributed by atoms with E-state index in [9.17, 15) is 0 Å². The number of nitrogens with one attached hydrogen (secondary N) is 1. The second-order valence-corrected chi connectivity index (χ2v) is 4.15. The summed E-state index contributed by atoms with van der Waals surface area (Å²) in [6.07, 6.45) is 0. The zero-order valence-electron chi connectivity index (χ0n) is 10.2. The Morgan fingerprint density at radius 1 is 1.33 bits per heavy atom. The molecule has 3 rings (SSSR count). The van der Waals surface area contributed by atoms with E-state index in [1.54, 1.807) is 13.2 Å². The number of hydrogen-bond acceptors (Lipinski definition) is 4. The molecule has 0 atom stereocenters. The summed E-state index contributed by atoms with van der Waals surface area (Å²) in [4.78, 5) is 3.30. The molecule has 0 aliphatic carbocycles. The summed E-state index contributed by atoms with van der Waals surface area (Å²) in [7, 11) is 1.65. The number of H-pyrrole nitrogens is 1. The molecular formula is C13H13N3O2. The third-order valence-corrected chi connectivity index (χ3v) is 2.97. The van der Waals surface area contributed by atoms with Gasteiger partial charge >= 0.3 is 0 Å². The predicted molar refractivity (Wildman–Crippen MR) is 69.5 cm³/mol. The van der Waals surface area contributed by atoms with Gasteiger partial charge in [0.25, 0.3) is 0 Å². The van der Waals surface area contributed by atoms with E-state index in [1.165, 1.54) is 0 Å². The Kier molecular flexibility index (Phi) is 2.26. The summed E-state index contributed by atoms with van der Waals surface area (Å²) in [6, 6.07) is 7.58. The maximum Gasteiger partial charge on any atom is 0.171 e. The van der Waals surface area contributed by atoms with Crippen LogP contribution in [0.3, 0.4) is 0 Å². The molecule has 0 aliphatic heterocycles. The molecular weight excluding hydrogens is 230 g/mol. The highest BCUT2D eigenvalue weighted by Gasteiger charge is 2.15. The Balaban J connectivity index is 2.26. The van der Waals surface area contributed by atoms with E-state index in [1.807, 2.05) is 25.1 Å². The van der Waals surface area contributed by atoms with E-state index < -0.39 is 0 Å². The maximum absolute atomic E-state index is 5.59. The molecule has 0 fully saturated rings. The Morgan fingerprint density at radius 3 is 2.83 bits per heavy atom. The SMILES string of the molecule is COc1ccc2c(-c3cc(N)no3)c(C)[nH]c2c1. The molecule has 0 amide bonds. The average Bonchev–Trinajstić information content (AvgIpc) is 2.90. The maximum atomic E-state index is 5.59. The molecule has 5 nitrogen and oxygen atoms in total. The number of ether oxygens (including phenoxy) is 1. The van der Waals surface area contributed by atoms with Crippen molar-refractivity contribution in [3.8, 4) is 17.1 Å². The molecule has 2 heterocycles. The first-order valence-electron chi connectivity index (χ1n) is 5.58. The molecule has 18 heavy (non-hydrogen) atoms. The third kappa shape index (κ3) is 1.52. The molecule has 3 N–H and O–H groups in total. The van der Waals surface area contributed by atoms with E-state index in [-0.39, 0.29) is 0 Å². The van der Waals surface area contributed by atoms with Gasteiger partial charge in [0.05, 0.1) is 12.6 Å². The quantitative estimate of drug-likeness (QED) is 0.725. The molecule has 0 saturated heterocycles. The van der Waals surface area contributed by atoms with Crippen LogP contribution in [0.15, 0.2) is 28.8 Å². The Labute approximate surface area is 104 Å². The van der Waals surface area contributed by atoms with Gasteiger partial charge < -0.3 is 20.0 Å². The van der Waals surface area contributed by atoms with Crippen LogP contribution in [-0.4, -0.2) is 17.3 Å². The van der Waals surface area contributed by atoms with Crippen LogP contribution in [0.2, 0.25) is 0 Å². The summed E-state index contributed by atoms with van der Waals surface area (Å²) in [6.45, 7) is 1.99. The molecule has 0 spiro atoms. The number of aromatic nitrogens is 2. The molecule has 0 radical (unpaired) electrons. The van der Waals surface area contributed by atoms with Gasteiger partial charge in [-0.1, -0.05) is 5.16 Å². The van der Waals surface area contributed by atoms with Crippen LogP contribution < -0.4 is 10.5 Å². The van der Waals surface area contributed by atoms with Crippen LogP contribution in [0.5, 0.6) is 5.75 Å². The normalized spacial score (nSPS) is 11.0. The van der Waals surface area contributed by atoms with Crippen molar-refractivity contribution in [2.24, 2.45) is 0 Å². The van der Waals surface area contributed by atoms with Gasteiger partial charge in [0.2, 0.25) is 0 Å². The van der Waals surface area contributed by atoms with Crippen LogP contribution in [0.25, 0.3) is 22.2 Å². The van der Waals surface area contributed by atoms with E-state index in [0.717, 1.165) is 27.9 Å². The largest absolute Gasteiger partial charge is 0.497 e. The minimum atomic E-state index is 0.382. The van der Waals surface area contributed by atoms with Gasteiger partial charge in [0.1, 0.15) is 5.75 Å². The van der Waals surface area contributed by atoms with Crippen molar-refractivity contribution in [3.63, 3.8) is 0 Å². The van der Waals surface area contributed by atoms with E-state index >= 15 is 0 Å². The predicted octanol–water partition coefficient (Wildman–Crippen LogP) is 2.72. The van der Waals surface area contributed by atoms with Crippen molar-refractivity contribution in [2.45, 2.75) is 6.92 Å². The first-order chi connectivity index (χ1) is 8.69. The number of nitrogens with two attached hydrogens (primary N) is 1. The highest BCUT2D eigenvalue weighted by Crippen LogP contribution is 2.34. The second-order valence-electron chi connectivity index (χ2n) is 4.15. The van der Waals surface area contributed by atoms with Crippen LogP contribution in [0.4, 0.5) is 5.82 Å². The summed E-state index contributed by atoms with van der Waals surface area (Å²) in [5.41, 5.74) is 8.58. The zero-order chi connectivity index (χ0) is 12.7. The highest BCUT2D eigenvalue weighted by atomic mass is 16.5. The first kappa shape index (κ1) is 10.7. The van der Waals surface area contributed by atoms with E-state index in [4.69, 9.17) is 15.0 Å². The number of nitrogens with zero attached hydrogens (tertiary/aromatic N) is 1. The number of nitrogen functional groups attached to an aromatic ring is 1. The standard InChI is InChI=1S/C13H13N3O2/c1-7-13(11-6-12(14)16-18-11)9-4-3-8(17-2)5-10(9)15-7/h3-6,15H,1-2H3,(H2,14,16). The monoisotopic (exact) mass is 243 g/mol. The van der Waals surface area contributed by atoms with Gasteiger partial charge in [-0.3, -0.25) is 0 Å². The van der Waals surface area contributed by atoms with Gasteiger partial charge in [-0.2, -0.15) is 0 Å². The van der Waals surface area contributed by atoms with Crippen molar-refractivity contribution in [1.29, 1.82) is 0 Å². The Hall–Kier alpha value is -2.43. The fourth-order valence-electron chi connectivity index (χ4n) is 2.16. The van der Waals surface area contributed by atoms with E-state index in [0.29, 0.717) is 11.6 Å². The third-order valence-electron chi connectivity index (χ3n) is 2.97. The fraction of sp³-hybridized carbons (Fsp3) is 0.154. The lowest BCUT2D eigenvalue weighted by molar-refractivity contribution is 0.415. The second kappa shape index (κ2) is 3.80. The zero-order valence-corrected chi connectivity index (χ0v) is 10.2. The van der Waals surface area contributed by atoms with Gasteiger partial charge in [0.15, 0.2) is 11.6 Å². The number of aryl methyl sites for hydroxylation is 1. The lowest BCUT2D eigenvalue weighted by Crippen LogP contribution is -1.81. The average molecular weight is 243 g/mol. The molecule has 92 valence electrons. The fourth-order valence-corrected chi connectivity index (χ4v) is 2.16. The first-order valence-corrected chi connectivity index (χ1v) is 5.58. The number of anilines is 1. The van der Waals surface area contributed by atoms with Crippen LogP contribution in [-0.2, 0) is 0 Å². The minimum absolute atomic E-state index is 0.382. The van der Waals surface area contributed by atoms with Crippen LogP contribution in [0, 0.1) is 6.92 Å². The van der Waals surface area contributed by atoms with E-state index in [2.05, 4.69) is 10.1 Å². The number of hydrogen-bond donors (Lipinski definition) is 2. The topological polar surface area (TPSA) is 77.1 Å². The van der Waals surface area contributed by atoms with Gasteiger partial charge in [-0.05, 0) is 19.1 Å². The van der Waals surface area contributed by atoms with Gasteiger partial charge in [0, 0.05) is 28.8 Å². The smallest absolute Gasteiger partial charge is 0.171 e. The lowest BCUT2D eigenvalue weighted by atomic mass is 10.1. The van der Waals surface area contributed by atoms with Gasteiger partial charge in [-0.15, -0.1) is 0 Å². The summed E-state index contributed by atoms with van der Waals surface area (Å²) >= 11 is 0. The Bertz CT molecular complexity index is 712. The van der Waals surface area contributed by atoms with Crippen LogP contribution >= 0.6 is 0 Å². The molecule has 0 unspecified atom stereocenters. The molecule has 0 bridgehead atoms. The summed E-state index contributed by atoms with van der Waals surface area (Å²) < 4.78 is 10.4. The van der Waals surface area contributed by atoms with Gasteiger partial charge in [-0.25, -0.2) is 0 Å². The number of fused-ring (bicyclic) bond motifs is 1. The summed E-state index contributed by atoms with van der Waals surface area (Å²) in [5, 5.41) is 4.78. The molecule has 0 aliphatic rings. The molecule has 5 heteroatoms. The lowest BCUT2D eigenvalue weighted by Gasteiger charge is -1.99. The van der Waals surface area contributed by atoms with Crippen molar-refractivity contribution in [1.82, 2.24) is 10.1 Å². The molecule has 0 saturated carbocycles. The van der Waals surface area contributed by atoms with Crippen molar-refractivity contribution in [3.05, 3.63) is 30.0 Å². The van der Waals surface area contributed by atoms with Crippen LogP contribution in [0.1, 0.15) is 5.69 Å². The molecule has 3 aromatic rings. The molecule has 2 aromatic heterocycles. The van der Waals surface area contributed by atoms with Crippen molar-refractivity contribution >= 4 is 16.7 Å². The Morgan fingerprint density at radius 2 is 2.17 bits per heavy atom. The highest BCUT2D eigenvalue weighted by molar-refractivity contribution is 5.96. The van der Waals surface area contributed by atoms with Crippen molar-refractivity contribution in [2.75, 3.05) is 12.8 Å². The molecule has 1 aromatic carbocycles. The number of benzene rings is 1. The number of methoxy groups -OCH3 is 1. The summed E-state index contributed by atoms with van der Waals surface area (Å²) in [5.74, 6) is 1.86. The number of aromatic amines is 1. The number of rotatable bonds is 2.